The molecule has 0 spiro atoms. The van der Waals surface area contributed by atoms with Crippen LogP contribution < -0.4 is 10.6 Å². The third-order valence-electron chi connectivity index (χ3n) is 2.29. The van der Waals surface area contributed by atoms with Crippen LogP contribution in [0, 0.1) is 0 Å². The van der Waals surface area contributed by atoms with Crippen molar-refractivity contribution in [3.8, 4) is 0 Å². The van der Waals surface area contributed by atoms with Crippen molar-refractivity contribution in [1.82, 2.24) is 10.6 Å². The van der Waals surface area contributed by atoms with E-state index in [-0.39, 0.29) is 6.09 Å². The summed E-state index contributed by atoms with van der Waals surface area (Å²) in [5.74, 6) is 0. The molecule has 0 saturated heterocycles. The van der Waals surface area contributed by atoms with Gasteiger partial charge in [-0.05, 0) is 53.1 Å². The second kappa shape index (κ2) is 13.2. The number of aldehydes is 1. The van der Waals surface area contributed by atoms with Gasteiger partial charge >= 0.3 is 12.3 Å². The Kier molecular flexibility index (Phi) is 13.7. The lowest BCUT2D eigenvalue weighted by Gasteiger charge is -2.19. The minimum absolute atomic E-state index is 0.323. The van der Waals surface area contributed by atoms with E-state index in [1.165, 1.54) is 12.8 Å². The zero-order valence-corrected chi connectivity index (χ0v) is 14.4. The molecule has 8 heteroatoms. The van der Waals surface area contributed by atoms with E-state index in [4.69, 9.17) is 9.53 Å². The lowest BCUT2D eigenvalue weighted by Crippen LogP contribution is -2.33. The van der Waals surface area contributed by atoms with Gasteiger partial charge in [0.15, 0.2) is 0 Å². The maximum atomic E-state index is 11.3. The van der Waals surface area contributed by atoms with Gasteiger partial charge in [-0.1, -0.05) is 13.3 Å². The van der Waals surface area contributed by atoms with Crippen LogP contribution in [0.1, 0.15) is 53.4 Å². The molecule has 0 aliphatic carbocycles. The minimum atomic E-state index is -4.64. The lowest BCUT2D eigenvalue weighted by molar-refractivity contribution is -0.156. The molecule has 0 aliphatic heterocycles. The SMILES string of the molecule is CCCCNCCCCNC(=O)OC(C)(C)C.O=CC(F)(F)F. The number of carbonyl (C=O) groups excluding carboxylic acids is 2. The van der Waals surface area contributed by atoms with Crippen molar-refractivity contribution in [2.45, 2.75) is 65.2 Å². The van der Waals surface area contributed by atoms with E-state index in [1.54, 1.807) is 0 Å². The highest BCUT2D eigenvalue weighted by Gasteiger charge is 2.24. The molecule has 0 bridgehead atoms. The smallest absolute Gasteiger partial charge is 0.444 e. The van der Waals surface area contributed by atoms with Crippen LogP contribution in [0.5, 0.6) is 0 Å². The van der Waals surface area contributed by atoms with Crippen LogP contribution >= 0.6 is 0 Å². The van der Waals surface area contributed by atoms with E-state index in [2.05, 4.69) is 17.6 Å². The van der Waals surface area contributed by atoms with E-state index in [9.17, 15) is 18.0 Å². The predicted octanol–water partition coefficient (Wildman–Crippen LogP) is 3.43. The summed E-state index contributed by atoms with van der Waals surface area (Å²) in [5.41, 5.74) is -0.411. The summed E-state index contributed by atoms with van der Waals surface area (Å²) in [4.78, 5) is 20.0. The number of carbonyl (C=O) groups is 2. The molecule has 0 heterocycles. The molecule has 5 nitrogen and oxygen atoms in total. The minimum Gasteiger partial charge on any atom is -0.444 e. The Morgan fingerprint density at radius 1 is 1.04 bits per heavy atom. The van der Waals surface area contributed by atoms with Crippen molar-refractivity contribution in [2.24, 2.45) is 0 Å². The molecular formula is C15H29F3N2O3. The number of alkyl halides is 3. The van der Waals surface area contributed by atoms with Gasteiger partial charge < -0.3 is 15.4 Å². The summed E-state index contributed by atoms with van der Waals surface area (Å²) < 4.78 is 36.4. The Bertz CT molecular complexity index is 316. The number of halogens is 3. The highest BCUT2D eigenvalue weighted by atomic mass is 19.4. The summed E-state index contributed by atoms with van der Waals surface area (Å²) >= 11 is 0. The van der Waals surface area contributed by atoms with Crippen LogP contribution in [-0.2, 0) is 9.53 Å². The first-order valence-corrected chi connectivity index (χ1v) is 7.72. The van der Waals surface area contributed by atoms with Gasteiger partial charge in [-0.3, -0.25) is 4.79 Å². The highest BCUT2D eigenvalue weighted by molar-refractivity contribution is 5.67. The van der Waals surface area contributed by atoms with Gasteiger partial charge in [0.2, 0.25) is 6.29 Å². The molecule has 0 aliphatic rings. The fourth-order valence-corrected chi connectivity index (χ4v) is 1.31. The molecular weight excluding hydrogens is 313 g/mol. The maximum absolute atomic E-state index is 11.3. The number of rotatable bonds is 8. The number of nitrogens with one attached hydrogen (secondary N) is 2. The maximum Gasteiger partial charge on any atom is 0.446 e. The van der Waals surface area contributed by atoms with Crippen LogP contribution in [-0.4, -0.2) is 43.8 Å². The molecule has 1 amide bonds. The Morgan fingerprint density at radius 2 is 1.52 bits per heavy atom. The van der Waals surface area contributed by atoms with Gasteiger partial charge in [0.1, 0.15) is 5.60 Å². The summed E-state index contributed by atoms with van der Waals surface area (Å²) in [6.45, 7) is 10.6. The van der Waals surface area contributed by atoms with E-state index < -0.39 is 18.1 Å². The van der Waals surface area contributed by atoms with Crippen molar-refractivity contribution in [2.75, 3.05) is 19.6 Å². The quantitative estimate of drug-likeness (QED) is 0.524. The molecule has 0 aromatic rings. The van der Waals surface area contributed by atoms with Crippen LogP contribution in [0.4, 0.5) is 18.0 Å². The van der Waals surface area contributed by atoms with Gasteiger partial charge in [-0.15, -0.1) is 0 Å². The van der Waals surface area contributed by atoms with Crippen LogP contribution in [0.25, 0.3) is 0 Å². The van der Waals surface area contributed by atoms with Crippen LogP contribution in [0.2, 0.25) is 0 Å². The molecule has 0 aromatic carbocycles. The molecule has 0 unspecified atom stereocenters. The third-order valence-corrected chi connectivity index (χ3v) is 2.29. The van der Waals surface area contributed by atoms with E-state index >= 15 is 0 Å². The fourth-order valence-electron chi connectivity index (χ4n) is 1.31. The number of ether oxygens (including phenoxy) is 1. The normalized spacial score (nSPS) is 11.3. The first-order chi connectivity index (χ1) is 10.5. The van der Waals surface area contributed by atoms with Gasteiger partial charge in [-0.2, -0.15) is 13.2 Å². The predicted molar refractivity (Wildman–Crippen MR) is 83.4 cm³/mol. The zero-order chi connectivity index (χ0) is 18.4. The fraction of sp³-hybridized carbons (Fsp3) is 0.867. The molecule has 138 valence electrons. The lowest BCUT2D eigenvalue weighted by atomic mass is 10.2. The zero-order valence-electron chi connectivity index (χ0n) is 14.4. The van der Waals surface area contributed by atoms with Crippen molar-refractivity contribution in [3.63, 3.8) is 0 Å². The van der Waals surface area contributed by atoms with E-state index in [0.29, 0.717) is 6.54 Å². The third kappa shape index (κ3) is 25.9. The number of unbranched alkanes of at least 4 members (excludes halogenated alkanes) is 2. The van der Waals surface area contributed by atoms with Crippen LogP contribution in [0.3, 0.4) is 0 Å². The second-order valence-electron chi connectivity index (χ2n) is 5.90. The number of alkyl carbamates (subject to hydrolysis) is 1. The average molecular weight is 342 g/mol. The summed E-state index contributed by atoms with van der Waals surface area (Å²) in [6, 6.07) is 0. The Hall–Kier alpha value is -1.31. The van der Waals surface area contributed by atoms with Crippen molar-refractivity contribution < 1.29 is 27.5 Å². The number of amides is 1. The molecule has 23 heavy (non-hydrogen) atoms. The van der Waals surface area contributed by atoms with Crippen LogP contribution in [0.15, 0.2) is 0 Å². The van der Waals surface area contributed by atoms with E-state index in [0.717, 1.165) is 25.9 Å². The monoisotopic (exact) mass is 342 g/mol. The Balaban J connectivity index is 0. The largest absolute Gasteiger partial charge is 0.446 e. The highest BCUT2D eigenvalue weighted by Crippen LogP contribution is 2.08. The number of hydrogen-bond acceptors (Lipinski definition) is 4. The van der Waals surface area contributed by atoms with Crippen molar-refractivity contribution in [3.05, 3.63) is 0 Å². The van der Waals surface area contributed by atoms with Gasteiger partial charge in [0.05, 0.1) is 0 Å². The molecule has 0 fully saturated rings. The summed E-state index contributed by atoms with van der Waals surface area (Å²) in [6.07, 6.45) is -1.50. The molecule has 2 N–H and O–H groups in total. The molecule has 0 saturated carbocycles. The topological polar surface area (TPSA) is 67.4 Å². The van der Waals surface area contributed by atoms with E-state index in [1.807, 2.05) is 20.8 Å². The van der Waals surface area contributed by atoms with Gasteiger partial charge in [-0.25, -0.2) is 4.79 Å². The van der Waals surface area contributed by atoms with Crippen molar-refractivity contribution >= 4 is 12.4 Å². The summed E-state index contributed by atoms with van der Waals surface area (Å²) in [7, 11) is 0. The molecule has 0 aromatic heterocycles. The average Bonchev–Trinajstić information content (AvgIpc) is 2.40. The Morgan fingerprint density at radius 3 is 1.96 bits per heavy atom. The van der Waals surface area contributed by atoms with Gasteiger partial charge in [0, 0.05) is 6.54 Å². The first-order valence-electron chi connectivity index (χ1n) is 7.72. The molecule has 0 rings (SSSR count). The number of hydrogen-bond donors (Lipinski definition) is 2. The Labute approximate surface area is 136 Å². The van der Waals surface area contributed by atoms with Crippen molar-refractivity contribution in [1.29, 1.82) is 0 Å². The first kappa shape index (κ1) is 23.9. The van der Waals surface area contributed by atoms with Gasteiger partial charge in [0.25, 0.3) is 0 Å². The summed E-state index contributed by atoms with van der Waals surface area (Å²) in [5, 5.41) is 6.12. The molecule has 0 atom stereocenters. The second-order valence-corrected chi connectivity index (χ2v) is 5.90. The standard InChI is InChI=1S/C13H28N2O2.C2HF3O/c1-5-6-9-14-10-7-8-11-15-12(16)17-13(2,3)4;3-2(4,5)1-6/h14H,5-11H2,1-4H3,(H,15,16);1H. The molecule has 0 radical (unpaired) electrons.